The van der Waals surface area contributed by atoms with E-state index in [0.29, 0.717) is 22.0 Å². The van der Waals surface area contributed by atoms with Crippen LogP contribution < -0.4 is 5.01 Å². The number of benzene rings is 3. The smallest absolute Gasteiger partial charge is 0.267 e. The molecule has 33 heavy (non-hydrogen) atoms. The van der Waals surface area contributed by atoms with Crippen molar-refractivity contribution in [2.45, 2.75) is 6.92 Å². The Hall–Kier alpha value is -3.48. The van der Waals surface area contributed by atoms with Crippen molar-refractivity contribution < 1.29 is 4.79 Å². The molecule has 4 aromatic rings. The van der Waals surface area contributed by atoms with Crippen LogP contribution in [0.25, 0.3) is 23.0 Å². The van der Waals surface area contributed by atoms with Crippen molar-refractivity contribution in [3.8, 4) is 16.9 Å². The summed E-state index contributed by atoms with van der Waals surface area (Å²) in [6, 6.07) is 24.9. The van der Waals surface area contributed by atoms with Crippen molar-refractivity contribution in [2.75, 3.05) is 5.01 Å². The number of halogens is 2. The van der Waals surface area contributed by atoms with E-state index in [1.54, 1.807) is 18.2 Å². The summed E-state index contributed by atoms with van der Waals surface area (Å²) >= 11 is 9.60. The Morgan fingerprint density at radius 2 is 1.67 bits per heavy atom. The largest absolute Gasteiger partial charge is 0.280 e. The van der Waals surface area contributed by atoms with Gasteiger partial charge in [0.05, 0.1) is 28.4 Å². The topological polar surface area (TPSA) is 50.5 Å². The fourth-order valence-electron chi connectivity index (χ4n) is 3.66. The highest BCUT2D eigenvalue weighted by atomic mass is 79.9. The molecule has 5 rings (SSSR count). The second-order valence-electron chi connectivity index (χ2n) is 7.56. The molecule has 1 aromatic heterocycles. The third-order valence-corrected chi connectivity index (χ3v) is 6.06. The van der Waals surface area contributed by atoms with Gasteiger partial charge in [0.15, 0.2) is 0 Å². The predicted molar refractivity (Wildman–Crippen MR) is 137 cm³/mol. The van der Waals surface area contributed by atoms with Crippen LogP contribution in [0.4, 0.5) is 5.69 Å². The van der Waals surface area contributed by atoms with Gasteiger partial charge in [-0.2, -0.15) is 15.2 Å². The molecular formula is C26H18BrClN4O. The summed E-state index contributed by atoms with van der Waals surface area (Å²) in [4.78, 5) is 13.3. The quantitative estimate of drug-likeness (QED) is 0.281. The Bertz CT molecular complexity index is 1410. The number of amides is 1. The van der Waals surface area contributed by atoms with Gasteiger partial charge >= 0.3 is 0 Å². The lowest BCUT2D eigenvalue weighted by Crippen LogP contribution is -2.21. The normalized spacial score (nSPS) is 14.8. The maximum Gasteiger partial charge on any atom is 0.280 e. The van der Waals surface area contributed by atoms with Crippen LogP contribution in [0.3, 0.4) is 0 Å². The number of anilines is 1. The molecule has 1 aliphatic rings. The molecule has 0 radical (unpaired) electrons. The van der Waals surface area contributed by atoms with Crippen LogP contribution in [-0.2, 0) is 4.79 Å². The molecule has 2 heterocycles. The maximum atomic E-state index is 13.3. The summed E-state index contributed by atoms with van der Waals surface area (Å²) in [5.74, 6) is -0.205. The Morgan fingerprint density at radius 3 is 2.39 bits per heavy atom. The molecule has 0 atom stereocenters. The van der Waals surface area contributed by atoms with E-state index < -0.39 is 0 Å². The lowest BCUT2D eigenvalue weighted by atomic mass is 10.0. The number of para-hydroxylation sites is 1. The van der Waals surface area contributed by atoms with Crippen molar-refractivity contribution in [2.24, 2.45) is 5.10 Å². The first-order chi connectivity index (χ1) is 16.0. The zero-order chi connectivity index (χ0) is 22.9. The standard InChI is InChI=1S/C26H18BrClN4O/c1-17-24(26(33)32(29-17)23-9-5-6-21(28)15-23)14-19-16-31(22-7-3-2-4-8-22)30-25(19)18-10-12-20(27)13-11-18/h2-16H,1H3. The van der Waals surface area contributed by atoms with Gasteiger partial charge in [0, 0.05) is 26.8 Å². The zero-order valence-corrected chi connectivity index (χ0v) is 20.0. The Balaban J connectivity index is 1.60. The highest BCUT2D eigenvalue weighted by molar-refractivity contribution is 9.10. The Labute approximate surface area is 204 Å². The summed E-state index contributed by atoms with van der Waals surface area (Å²) in [6.07, 6.45) is 3.79. The van der Waals surface area contributed by atoms with E-state index in [1.807, 2.05) is 84.5 Å². The van der Waals surface area contributed by atoms with Crippen molar-refractivity contribution in [1.82, 2.24) is 9.78 Å². The lowest BCUT2D eigenvalue weighted by molar-refractivity contribution is -0.114. The van der Waals surface area contributed by atoms with Crippen molar-refractivity contribution in [3.63, 3.8) is 0 Å². The maximum absolute atomic E-state index is 13.3. The monoisotopic (exact) mass is 516 g/mol. The van der Waals surface area contributed by atoms with Crippen LogP contribution in [0.5, 0.6) is 0 Å². The fraction of sp³-hybridized carbons (Fsp3) is 0.0385. The van der Waals surface area contributed by atoms with E-state index in [4.69, 9.17) is 16.7 Å². The average Bonchev–Trinajstić information content (AvgIpc) is 3.37. The molecule has 5 nitrogen and oxygen atoms in total. The van der Waals surface area contributed by atoms with E-state index in [9.17, 15) is 4.79 Å². The van der Waals surface area contributed by atoms with Gasteiger partial charge in [-0.1, -0.05) is 63.9 Å². The first-order valence-electron chi connectivity index (χ1n) is 10.3. The molecule has 0 fully saturated rings. The second-order valence-corrected chi connectivity index (χ2v) is 8.91. The predicted octanol–water partition coefficient (Wildman–Crippen LogP) is 6.76. The number of carbonyl (C=O) groups is 1. The summed E-state index contributed by atoms with van der Waals surface area (Å²) in [5.41, 5.74) is 5.27. The minimum absolute atomic E-state index is 0.205. The zero-order valence-electron chi connectivity index (χ0n) is 17.6. The third-order valence-electron chi connectivity index (χ3n) is 5.30. The van der Waals surface area contributed by atoms with E-state index in [-0.39, 0.29) is 5.91 Å². The van der Waals surface area contributed by atoms with Gasteiger partial charge in [0.2, 0.25) is 0 Å². The van der Waals surface area contributed by atoms with Crippen molar-refractivity contribution in [1.29, 1.82) is 0 Å². The number of carbonyl (C=O) groups excluding carboxylic acids is 1. The van der Waals surface area contributed by atoms with Gasteiger partial charge in [-0.25, -0.2) is 4.68 Å². The average molecular weight is 518 g/mol. The molecule has 0 spiro atoms. The molecule has 1 amide bonds. The highest BCUT2D eigenvalue weighted by Gasteiger charge is 2.29. The molecule has 162 valence electrons. The van der Waals surface area contributed by atoms with E-state index in [0.717, 1.165) is 27.0 Å². The number of hydrazone groups is 1. The first-order valence-corrected chi connectivity index (χ1v) is 11.4. The summed E-state index contributed by atoms with van der Waals surface area (Å²) < 4.78 is 2.81. The molecule has 7 heteroatoms. The van der Waals surface area contributed by atoms with Crippen molar-refractivity contribution >= 4 is 50.9 Å². The van der Waals surface area contributed by atoms with Crippen molar-refractivity contribution in [3.05, 3.63) is 106 Å². The third kappa shape index (κ3) is 4.27. The Morgan fingerprint density at radius 1 is 0.939 bits per heavy atom. The van der Waals surface area contributed by atoms with E-state index >= 15 is 0 Å². The van der Waals surface area contributed by atoms with Gasteiger partial charge < -0.3 is 0 Å². The molecule has 0 N–H and O–H groups in total. The van der Waals surface area contributed by atoms with Gasteiger partial charge in [-0.3, -0.25) is 4.79 Å². The van der Waals surface area contributed by atoms with E-state index in [1.165, 1.54) is 5.01 Å². The molecule has 0 bridgehead atoms. The Kier molecular flexibility index (Phi) is 5.70. The van der Waals surface area contributed by atoms with Gasteiger partial charge in [-0.15, -0.1) is 0 Å². The summed E-state index contributed by atoms with van der Waals surface area (Å²) in [5, 5.41) is 11.2. The summed E-state index contributed by atoms with van der Waals surface area (Å²) in [6.45, 7) is 1.83. The first kappa shape index (κ1) is 21.4. The molecule has 0 aliphatic carbocycles. The minimum Gasteiger partial charge on any atom is -0.267 e. The molecule has 0 saturated carbocycles. The van der Waals surface area contributed by atoms with Crippen LogP contribution in [0.1, 0.15) is 12.5 Å². The number of hydrogen-bond donors (Lipinski definition) is 0. The minimum atomic E-state index is -0.205. The number of rotatable bonds is 4. The SMILES string of the molecule is CC1=NN(c2cccc(Cl)c2)C(=O)C1=Cc1cn(-c2ccccc2)nc1-c1ccc(Br)cc1. The van der Waals surface area contributed by atoms with Crippen LogP contribution in [0.2, 0.25) is 5.02 Å². The molecular weight excluding hydrogens is 500 g/mol. The lowest BCUT2D eigenvalue weighted by Gasteiger charge is -2.11. The van der Waals surface area contributed by atoms with E-state index in [2.05, 4.69) is 21.0 Å². The van der Waals surface area contributed by atoms with Crippen LogP contribution in [0, 0.1) is 0 Å². The fourth-order valence-corrected chi connectivity index (χ4v) is 4.11. The number of aromatic nitrogens is 2. The molecule has 0 unspecified atom stereocenters. The molecule has 3 aromatic carbocycles. The number of hydrogen-bond acceptors (Lipinski definition) is 3. The van der Waals surface area contributed by atoms with Gasteiger partial charge in [0.25, 0.3) is 5.91 Å². The molecule has 0 saturated heterocycles. The van der Waals surface area contributed by atoms with Crippen LogP contribution in [-0.4, -0.2) is 21.4 Å². The molecule has 1 aliphatic heterocycles. The van der Waals surface area contributed by atoms with Crippen LogP contribution in [0.15, 0.2) is 100 Å². The highest BCUT2D eigenvalue weighted by Crippen LogP contribution is 2.30. The van der Waals surface area contributed by atoms with Gasteiger partial charge in [0.1, 0.15) is 0 Å². The number of nitrogens with zero attached hydrogens (tertiary/aromatic N) is 4. The summed E-state index contributed by atoms with van der Waals surface area (Å²) in [7, 11) is 0. The van der Waals surface area contributed by atoms with Gasteiger partial charge in [-0.05, 0) is 55.5 Å². The van der Waals surface area contributed by atoms with Crippen LogP contribution >= 0.6 is 27.5 Å². The second kappa shape index (κ2) is 8.81.